The van der Waals surface area contributed by atoms with Gasteiger partial charge in [-0.15, -0.1) is 11.6 Å². The molecule has 2 rings (SSSR count). The largest absolute Gasteiger partial charge is 0.352 e. The first-order valence-electron chi connectivity index (χ1n) is 6.76. The minimum Gasteiger partial charge on any atom is -0.352 e. The molecule has 0 aliphatic heterocycles. The Morgan fingerprint density at radius 1 is 1.37 bits per heavy atom. The second kappa shape index (κ2) is 6.62. The number of hydrogen-bond donors (Lipinski definition) is 1. The van der Waals surface area contributed by atoms with Crippen LogP contribution in [-0.4, -0.2) is 17.8 Å². The van der Waals surface area contributed by atoms with E-state index in [1.807, 2.05) is 13.0 Å². The Morgan fingerprint density at radius 3 is 2.79 bits per heavy atom. The van der Waals surface area contributed by atoms with Crippen LogP contribution < -0.4 is 5.32 Å². The van der Waals surface area contributed by atoms with Crippen LogP contribution in [0.2, 0.25) is 5.02 Å². The van der Waals surface area contributed by atoms with E-state index < -0.39 is 0 Å². The highest BCUT2D eigenvalue weighted by molar-refractivity contribution is 6.33. The monoisotopic (exact) mass is 299 g/mol. The van der Waals surface area contributed by atoms with E-state index in [2.05, 4.69) is 5.32 Å². The molecular formula is C15H19Cl2NO. The van der Waals surface area contributed by atoms with Gasteiger partial charge < -0.3 is 5.32 Å². The highest BCUT2D eigenvalue weighted by atomic mass is 35.5. The molecule has 0 bridgehead atoms. The maximum atomic E-state index is 12.1. The third-order valence-electron chi connectivity index (χ3n) is 3.71. The molecule has 2 unspecified atom stereocenters. The van der Waals surface area contributed by atoms with Crippen molar-refractivity contribution >= 4 is 29.1 Å². The maximum Gasteiger partial charge on any atom is 0.252 e. The third kappa shape index (κ3) is 3.87. The fraction of sp³-hybridized carbons (Fsp3) is 0.533. The average molecular weight is 300 g/mol. The fourth-order valence-corrected chi connectivity index (χ4v) is 3.21. The van der Waals surface area contributed by atoms with Crippen molar-refractivity contribution in [2.75, 3.05) is 6.54 Å². The standard InChI is InChI=1S/C15H19Cl2NO/c1-10-6-7-12(14(17)8-10)15(19)18-9-11-4-2-3-5-13(11)16/h6-8,11,13H,2-5,9H2,1H3,(H,18,19). The first kappa shape index (κ1) is 14.7. The van der Waals surface area contributed by atoms with E-state index in [-0.39, 0.29) is 11.3 Å². The number of carbonyl (C=O) groups excluding carboxylic acids is 1. The molecule has 1 aromatic rings. The summed E-state index contributed by atoms with van der Waals surface area (Å²) in [5.41, 5.74) is 1.59. The predicted molar refractivity (Wildman–Crippen MR) is 80.1 cm³/mol. The molecule has 1 aliphatic rings. The van der Waals surface area contributed by atoms with Crippen LogP contribution in [0, 0.1) is 12.8 Å². The molecule has 0 radical (unpaired) electrons. The zero-order chi connectivity index (χ0) is 13.8. The molecule has 0 spiro atoms. The molecule has 1 fully saturated rings. The van der Waals surface area contributed by atoms with E-state index in [4.69, 9.17) is 23.2 Å². The minimum atomic E-state index is -0.112. The summed E-state index contributed by atoms with van der Waals surface area (Å²) in [4.78, 5) is 12.1. The second-order valence-electron chi connectivity index (χ2n) is 5.25. The Hall–Kier alpha value is -0.730. The van der Waals surface area contributed by atoms with Crippen LogP contribution in [0.4, 0.5) is 0 Å². The lowest BCUT2D eigenvalue weighted by Crippen LogP contribution is -2.34. The van der Waals surface area contributed by atoms with Gasteiger partial charge in [-0.25, -0.2) is 0 Å². The normalized spacial score (nSPS) is 23.1. The van der Waals surface area contributed by atoms with Gasteiger partial charge in [-0.05, 0) is 43.4 Å². The molecule has 1 saturated carbocycles. The highest BCUT2D eigenvalue weighted by Gasteiger charge is 2.23. The quantitative estimate of drug-likeness (QED) is 0.834. The zero-order valence-corrected chi connectivity index (χ0v) is 12.6. The Balaban J connectivity index is 1.93. The van der Waals surface area contributed by atoms with Gasteiger partial charge in [-0.2, -0.15) is 0 Å². The summed E-state index contributed by atoms with van der Waals surface area (Å²) >= 11 is 12.4. The second-order valence-corrected chi connectivity index (χ2v) is 6.22. The Morgan fingerprint density at radius 2 is 2.11 bits per heavy atom. The molecule has 19 heavy (non-hydrogen) atoms. The minimum absolute atomic E-state index is 0.112. The molecule has 2 atom stereocenters. The summed E-state index contributed by atoms with van der Waals surface area (Å²) in [5.74, 6) is 0.267. The van der Waals surface area contributed by atoms with Crippen LogP contribution in [0.25, 0.3) is 0 Å². The molecular weight excluding hydrogens is 281 g/mol. The van der Waals surface area contributed by atoms with Crippen molar-refractivity contribution in [1.82, 2.24) is 5.32 Å². The summed E-state index contributed by atoms with van der Waals surface area (Å²) in [7, 11) is 0. The number of amides is 1. The van der Waals surface area contributed by atoms with E-state index in [9.17, 15) is 4.79 Å². The Labute approximate surface area is 124 Å². The van der Waals surface area contributed by atoms with Crippen LogP contribution in [0.1, 0.15) is 41.6 Å². The molecule has 4 heteroatoms. The summed E-state index contributed by atoms with van der Waals surface area (Å²) in [6, 6.07) is 5.47. The van der Waals surface area contributed by atoms with Gasteiger partial charge in [-0.3, -0.25) is 4.79 Å². The molecule has 1 aromatic carbocycles. The molecule has 0 aromatic heterocycles. The highest BCUT2D eigenvalue weighted by Crippen LogP contribution is 2.28. The smallest absolute Gasteiger partial charge is 0.252 e. The molecule has 1 aliphatic carbocycles. The molecule has 0 heterocycles. The van der Waals surface area contributed by atoms with E-state index in [1.165, 1.54) is 12.8 Å². The first-order chi connectivity index (χ1) is 9.08. The van der Waals surface area contributed by atoms with Crippen molar-refractivity contribution in [3.8, 4) is 0 Å². The summed E-state index contributed by atoms with van der Waals surface area (Å²) < 4.78 is 0. The predicted octanol–water partition coefficient (Wildman–Crippen LogP) is 4.18. The SMILES string of the molecule is Cc1ccc(C(=O)NCC2CCCCC2Cl)c(Cl)c1. The number of benzene rings is 1. The summed E-state index contributed by atoms with van der Waals surface area (Å²) in [6.45, 7) is 2.59. The maximum absolute atomic E-state index is 12.1. The van der Waals surface area contributed by atoms with E-state index in [1.54, 1.807) is 12.1 Å². The van der Waals surface area contributed by atoms with Gasteiger partial charge in [0.25, 0.3) is 5.91 Å². The van der Waals surface area contributed by atoms with Gasteiger partial charge in [0.15, 0.2) is 0 Å². The lowest BCUT2D eigenvalue weighted by molar-refractivity contribution is 0.0944. The van der Waals surface area contributed by atoms with E-state index in [0.717, 1.165) is 18.4 Å². The number of aryl methyl sites for hydroxylation is 1. The molecule has 0 saturated heterocycles. The van der Waals surface area contributed by atoms with Gasteiger partial charge in [0, 0.05) is 11.9 Å². The van der Waals surface area contributed by atoms with Crippen molar-refractivity contribution in [1.29, 1.82) is 0 Å². The number of alkyl halides is 1. The van der Waals surface area contributed by atoms with Gasteiger partial charge in [0.2, 0.25) is 0 Å². The number of halogens is 2. The van der Waals surface area contributed by atoms with Crippen LogP contribution in [0.5, 0.6) is 0 Å². The number of nitrogens with one attached hydrogen (secondary N) is 1. The Bertz CT molecular complexity index is 461. The van der Waals surface area contributed by atoms with Crippen LogP contribution in [0.15, 0.2) is 18.2 Å². The average Bonchev–Trinajstić information content (AvgIpc) is 2.37. The van der Waals surface area contributed by atoms with Gasteiger partial charge in [0.1, 0.15) is 0 Å². The molecule has 104 valence electrons. The van der Waals surface area contributed by atoms with Crippen molar-refractivity contribution in [3.63, 3.8) is 0 Å². The van der Waals surface area contributed by atoms with E-state index >= 15 is 0 Å². The lowest BCUT2D eigenvalue weighted by atomic mass is 9.88. The van der Waals surface area contributed by atoms with Crippen molar-refractivity contribution in [2.24, 2.45) is 5.92 Å². The van der Waals surface area contributed by atoms with Gasteiger partial charge in [0.05, 0.1) is 10.6 Å². The lowest BCUT2D eigenvalue weighted by Gasteiger charge is -2.27. The van der Waals surface area contributed by atoms with Crippen LogP contribution in [-0.2, 0) is 0 Å². The van der Waals surface area contributed by atoms with Gasteiger partial charge in [-0.1, -0.05) is 30.5 Å². The number of hydrogen-bond acceptors (Lipinski definition) is 1. The molecule has 1 N–H and O–H groups in total. The Kier molecular flexibility index (Phi) is 5.12. The van der Waals surface area contributed by atoms with Crippen LogP contribution in [0.3, 0.4) is 0 Å². The van der Waals surface area contributed by atoms with Crippen molar-refractivity contribution in [3.05, 3.63) is 34.3 Å². The summed E-state index contributed by atoms with van der Waals surface area (Å²) in [5, 5.41) is 3.64. The number of rotatable bonds is 3. The third-order valence-corrected chi connectivity index (χ3v) is 4.60. The number of carbonyl (C=O) groups is 1. The summed E-state index contributed by atoms with van der Waals surface area (Å²) in [6.07, 6.45) is 4.54. The van der Waals surface area contributed by atoms with Gasteiger partial charge >= 0.3 is 0 Å². The van der Waals surface area contributed by atoms with Crippen molar-refractivity contribution in [2.45, 2.75) is 38.0 Å². The fourth-order valence-electron chi connectivity index (χ4n) is 2.52. The van der Waals surface area contributed by atoms with Crippen molar-refractivity contribution < 1.29 is 4.79 Å². The zero-order valence-electron chi connectivity index (χ0n) is 11.1. The molecule has 1 amide bonds. The van der Waals surface area contributed by atoms with E-state index in [0.29, 0.717) is 23.0 Å². The molecule has 2 nitrogen and oxygen atoms in total. The van der Waals surface area contributed by atoms with Crippen LogP contribution >= 0.6 is 23.2 Å². The topological polar surface area (TPSA) is 29.1 Å². The first-order valence-corrected chi connectivity index (χ1v) is 7.58.